The summed E-state index contributed by atoms with van der Waals surface area (Å²) in [6.07, 6.45) is 6.79. The molecule has 172 valence electrons. The van der Waals surface area contributed by atoms with E-state index in [0.29, 0.717) is 12.5 Å². The number of hydrogen-bond acceptors (Lipinski definition) is 2. The van der Waals surface area contributed by atoms with Crippen molar-refractivity contribution in [3.8, 4) is 0 Å². The molecule has 0 aliphatic heterocycles. The first-order chi connectivity index (χ1) is 13.1. The molecule has 0 aromatic heterocycles. The summed E-state index contributed by atoms with van der Waals surface area (Å²) in [5, 5.41) is 6.48. The van der Waals surface area contributed by atoms with Crippen molar-refractivity contribution in [3.63, 3.8) is 0 Å². The first kappa shape index (κ1) is 27.9. The van der Waals surface area contributed by atoms with Gasteiger partial charge >= 0.3 is 0 Å². The van der Waals surface area contributed by atoms with E-state index in [1.165, 1.54) is 0 Å². The summed E-state index contributed by atoms with van der Waals surface area (Å²) in [6, 6.07) is 0.124. The minimum atomic E-state index is -0.342. The molecule has 2 amide bonds. The quantitative estimate of drug-likeness (QED) is 0.386. The molecular weight excluding hydrogens is 360 g/mol. The molecule has 0 bridgehead atoms. The maximum absolute atomic E-state index is 12.8. The van der Waals surface area contributed by atoms with Gasteiger partial charge in [-0.1, -0.05) is 88.5 Å². The molecule has 0 spiro atoms. The SMILES string of the molecule is CCCCC(C)(C)C(=O)NCC(C)CC(CC(C)(C)C)NC(=O)C(C)(C)CCC. The topological polar surface area (TPSA) is 58.2 Å². The largest absolute Gasteiger partial charge is 0.355 e. The van der Waals surface area contributed by atoms with Gasteiger partial charge in [-0.25, -0.2) is 0 Å². The lowest BCUT2D eigenvalue weighted by Gasteiger charge is -2.32. The summed E-state index contributed by atoms with van der Waals surface area (Å²) in [5.74, 6) is 0.590. The van der Waals surface area contributed by atoms with Crippen LogP contribution < -0.4 is 10.6 Å². The zero-order valence-electron chi connectivity index (χ0n) is 21.1. The summed E-state index contributed by atoms with van der Waals surface area (Å²) >= 11 is 0. The molecule has 2 unspecified atom stereocenters. The zero-order valence-corrected chi connectivity index (χ0v) is 21.1. The molecule has 2 atom stereocenters. The summed E-state index contributed by atoms with van der Waals surface area (Å²) in [4.78, 5) is 25.4. The van der Waals surface area contributed by atoms with Crippen LogP contribution in [0, 0.1) is 22.2 Å². The summed E-state index contributed by atoms with van der Waals surface area (Å²) < 4.78 is 0. The van der Waals surface area contributed by atoms with E-state index in [2.05, 4.69) is 52.2 Å². The molecular formula is C25H50N2O2. The minimum Gasteiger partial charge on any atom is -0.355 e. The van der Waals surface area contributed by atoms with Crippen molar-refractivity contribution < 1.29 is 9.59 Å². The van der Waals surface area contributed by atoms with Crippen molar-refractivity contribution in [2.24, 2.45) is 22.2 Å². The van der Waals surface area contributed by atoms with Gasteiger partial charge in [0, 0.05) is 23.4 Å². The Hall–Kier alpha value is -1.06. The Morgan fingerprint density at radius 1 is 0.828 bits per heavy atom. The lowest BCUT2D eigenvalue weighted by Crippen LogP contribution is -2.46. The van der Waals surface area contributed by atoms with Crippen molar-refractivity contribution in [3.05, 3.63) is 0 Å². The normalized spacial score (nSPS) is 15.0. The molecule has 0 rings (SSSR count). The van der Waals surface area contributed by atoms with Crippen LogP contribution in [0.1, 0.15) is 114 Å². The van der Waals surface area contributed by atoms with Gasteiger partial charge < -0.3 is 10.6 Å². The zero-order chi connectivity index (χ0) is 22.9. The third-order valence-corrected chi connectivity index (χ3v) is 5.75. The van der Waals surface area contributed by atoms with Crippen molar-refractivity contribution in [2.75, 3.05) is 6.54 Å². The second kappa shape index (κ2) is 12.0. The Morgan fingerprint density at radius 2 is 1.38 bits per heavy atom. The molecule has 0 saturated carbocycles. The lowest BCUT2D eigenvalue weighted by atomic mass is 9.82. The van der Waals surface area contributed by atoms with Crippen molar-refractivity contribution in [1.29, 1.82) is 0 Å². The maximum Gasteiger partial charge on any atom is 0.225 e. The summed E-state index contributed by atoms with van der Waals surface area (Å²) in [5.41, 5.74) is -0.525. The van der Waals surface area contributed by atoms with Gasteiger partial charge in [0.05, 0.1) is 0 Å². The summed E-state index contributed by atoms with van der Waals surface area (Å²) in [6.45, 7) is 21.9. The van der Waals surface area contributed by atoms with Gasteiger partial charge in [0.25, 0.3) is 0 Å². The van der Waals surface area contributed by atoms with E-state index in [1.807, 2.05) is 27.7 Å². The predicted octanol–water partition coefficient (Wildman–Crippen LogP) is 6.09. The van der Waals surface area contributed by atoms with Gasteiger partial charge in [-0.15, -0.1) is 0 Å². The van der Waals surface area contributed by atoms with Gasteiger partial charge in [0.15, 0.2) is 0 Å². The van der Waals surface area contributed by atoms with E-state index < -0.39 is 0 Å². The Bertz CT molecular complexity index is 503. The highest BCUT2D eigenvalue weighted by atomic mass is 16.2. The van der Waals surface area contributed by atoms with E-state index in [-0.39, 0.29) is 34.1 Å². The fourth-order valence-electron chi connectivity index (χ4n) is 3.86. The Kier molecular flexibility index (Phi) is 11.5. The fraction of sp³-hybridized carbons (Fsp3) is 0.920. The van der Waals surface area contributed by atoms with Crippen LogP contribution in [0.3, 0.4) is 0 Å². The molecule has 0 aliphatic rings. The Morgan fingerprint density at radius 3 is 1.86 bits per heavy atom. The molecule has 4 heteroatoms. The standard InChI is InChI=1S/C25H50N2O2/c1-11-13-15-25(9,10)21(28)26-18-19(3)16-20(17-23(4,5)6)27-22(29)24(7,8)14-12-2/h19-20H,11-18H2,1-10H3,(H,26,28)(H,27,29). The third kappa shape index (κ3) is 11.6. The van der Waals surface area contributed by atoms with E-state index in [9.17, 15) is 9.59 Å². The van der Waals surface area contributed by atoms with Crippen molar-refractivity contribution >= 4 is 11.8 Å². The number of nitrogens with one attached hydrogen (secondary N) is 2. The average molecular weight is 411 g/mol. The van der Waals surface area contributed by atoms with E-state index in [0.717, 1.165) is 44.9 Å². The molecule has 0 aromatic rings. The number of amides is 2. The number of unbranched alkanes of at least 4 members (excludes halogenated alkanes) is 1. The molecule has 29 heavy (non-hydrogen) atoms. The van der Waals surface area contributed by atoms with Crippen molar-refractivity contribution in [1.82, 2.24) is 10.6 Å². The van der Waals surface area contributed by atoms with Crippen LogP contribution in [0.25, 0.3) is 0 Å². The highest BCUT2D eigenvalue weighted by Crippen LogP contribution is 2.27. The van der Waals surface area contributed by atoms with Crippen molar-refractivity contribution in [2.45, 2.75) is 120 Å². The third-order valence-electron chi connectivity index (χ3n) is 5.75. The van der Waals surface area contributed by atoms with Crippen LogP contribution in [0.4, 0.5) is 0 Å². The van der Waals surface area contributed by atoms with Gasteiger partial charge in [0.1, 0.15) is 0 Å². The van der Waals surface area contributed by atoms with Gasteiger partial charge in [-0.05, 0) is 37.0 Å². The first-order valence-electron chi connectivity index (χ1n) is 11.7. The second-order valence-corrected chi connectivity index (χ2v) is 11.6. The van der Waals surface area contributed by atoms with Gasteiger partial charge in [-0.2, -0.15) is 0 Å². The molecule has 0 aliphatic carbocycles. The van der Waals surface area contributed by atoms with E-state index >= 15 is 0 Å². The van der Waals surface area contributed by atoms with Crippen LogP contribution in [-0.2, 0) is 9.59 Å². The first-order valence-corrected chi connectivity index (χ1v) is 11.7. The molecule has 4 nitrogen and oxygen atoms in total. The van der Waals surface area contributed by atoms with Gasteiger partial charge in [0.2, 0.25) is 11.8 Å². The second-order valence-electron chi connectivity index (χ2n) is 11.6. The maximum atomic E-state index is 12.8. The fourth-order valence-corrected chi connectivity index (χ4v) is 3.86. The highest BCUT2D eigenvalue weighted by Gasteiger charge is 2.31. The number of rotatable bonds is 13. The number of carbonyl (C=O) groups excluding carboxylic acids is 2. The highest BCUT2D eigenvalue weighted by molar-refractivity contribution is 5.82. The van der Waals surface area contributed by atoms with E-state index in [4.69, 9.17) is 0 Å². The predicted molar refractivity (Wildman–Crippen MR) is 125 cm³/mol. The number of carbonyl (C=O) groups is 2. The van der Waals surface area contributed by atoms with Crippen LogP contribution in [0.15, 0.2) is 0 Å². The molecule has 0 fully saturated rings. The van der Waals surface area contributed by atoms with Crippen LogP contribution in [0.5, 0.6) is 0 Å². The lowest BCUT2D eigenvalue weighted by molar-refractivity contribution is -0.131. The molecule has 0 aromatic carbocycles. The molecule has 2 N–H and O–H groups in total. The average Bonchev–Trinajstić information content (AvgIpc) is 2.56. The Balaban J connectivity index is 4.90. The minimum absolute atomic E-state index is 0.124. The summed E-state index contributed by atoms with van der Waals surface area (Å²) in [7, 11) is 0. The van der Waals surface area contributed by atoms with Crippen LogP contribution >= 0.6 is 0 Å². The molecule has 0 heterocycles. The molecule has 0 radical (unpaired) electrons. The van der Waals surface area contributed by atoms with Crippen LogP contribution in [-0.4, -0.2) is 24.4 Å². The number of hydrogen-bond donors (Lipinski definition) is 2. The monoisotopic (exact) mass is 410 g/mol. The Labute approximate surface area is 181 Å². The van der Waals surface area contributed by atoms with E-state index in [1.54, 1.807) is 0 Å². The van der Waals surface area contributed by atoms with Crippen LogP contribution in [0.2, 0.25) is 0 Å². The van der Waals surface area contributed by atoms with Gasteiger partial charge in [-0.3, -0.25) is 9.59 Å². The molecule has 0 saturated heterocycles. The smallest absolute Gasteiger partial charge is 0.225 e.